The standard InChI is InChI=1S/C14H18BrFN2O/c1-14(5-7-17-8-6-14)9-18-13(19)12-10(15)3-2-4-11(12)16/h2-4,17H,5-9H2,1H3,(H,18,19). The Balaban J connectivity index is 2.01. The summed E-state index contributed by atoms with van der Waals surface area (Å²) in [4.78, 5) is 12.1. The van der Waals surface area contributed by atoms with Gasteiger partial charge in [-0.2, -0.15) is 0 Å². The minimum Gasteiger partial charge on any atom is -0.351 e. The predicted molar refractivity (Wildman–Crippen MR) is 76.6 cm³/mol. The summed E-state index contributed by atoms with van der Waals surface area (Å²) >= 11 is 3.22. The van der Waals surface area contributed by atoms with Crippen LogP contribution in [-0.2, 0) is 0 Å². The quantitative estimate of drug-likeness (QED) is 0.895. The maximum absolute atomic E-state index is 13.7. The molecule has 1 saturated heterocycles. The van der Waals surface area contributed by atoms with Gasteiger partial charge in [0.25, 0.3) is 5.91 Å². The Labute approximate surface area is 121 Å². The highest BCUT2D eigenvalue weighted by atomic mass is 79.9. The molecule has 3 nitrogen and oxygen atoms in total. The lowest BCUT2D eigenvalue weighted by molar-refractivity contribution is 0.0917. The molecule has 0 aromatic heterocycles. The first-order chi connectivity index (χ1) is 9.02. The zero-order valence-electron chi connectivity index (χ0n) is 10.9. The molecule has 1 aliphatic rings. The molecular formula is C14H18BrFN2O. The number of carbonyl (C=O) groups is 1. The summed E-state index contributed by atoms with van der Waals surface area (Å²) in [6.07, 6.45) is 2.04. The third kappa shape index (κ3) is 3.54. The largest absolute Gasteiger partial charge is 0.351 e. The van der Waals surface area contributed by atoms with E-state index in [9.17, 15) is 9.18 Å². The van der Waals surface area contributed by atoms with Gasteiger partial charge in [0.1, 0.15) is 5.82 Å². The minimum atomic E-state index is -0.498. The van der Waals surface area contributed by atoms with Gasteiger partial charge in [-0.25, -0.2) is 4.39 Å². The van der Waals surface area contributed by atoms with Crippen molar-refractivity contribution in [3.05, 3.63) is 34.1 Å². The van der Waals surface area contributed by atoms with Gasteiger partial charge in [0.2, 0.25) is 0 Å². The zero-order chi connectivity index (χ0) is 13.9. The summed E-state index contributed by atoms with van der Waals surface area (Å²) in [6, 6.07) is 4.54. The molecule has 1 aliphatic heterocycles. The summed E-state index contributed by atoms with van der Waals surface area (Å²) in [6.45, 7) is 4.67. The van der Waals surface area contributed by atoms with Crippen LogP contribution >= 0.6 is 15.9 Å². The SMILES string of the molecule is CC1(CNC(=O)c2c(F)cccc2Br)CCNCC1. The van der Waals surface area contributed by atoms with Gasteiger partial charge in [0.15, 0.2) is 0 Å². The third-order valence-electron chi connectivity index (χ3n) is 3.68. The van der Waals surface area contributed by atoms with E-state index < -0.39 is 5.82 Å². The molecule has 0 aliphatic carbocycles. The molecule has 0 unspecified atom stereocenters. The fourth-order valence-electron chi connectivity index (χ4n) is 2.30. The van der Waals surface area contributed by atoms with Gasteiger partial charge in [0.05, 0.1) is 5.56 Å². The first-order valence-corrected chi connectivity index (χ1v) is 7.24. The molecule has 5 heteroatoms. The monoisotopic (exact) mass is 328 g/mol. The van der Waals surface area contributed by atoms with Crippen molar-refractivity contribution in [2.75, 3.05) is 19.6 Å². The van der Waals surface area contributed by atoms with Gasteiger partial charge in [-0.1, -0.05) is 13.0 Å². The lowest BCUT2D eigenvalue weighted by atomic mass is 9.81. The first kappa shape index (κ1) is 14.5. The lowest BCUT2D eigenvalue weighted by Crippen LogP contribution is -2.43. The van der Waals surface area contributed by atoms with Crippen LogP contribution in [0.5, 0.6) is 0 Å². The second kappa shape index (κ2) is 6.01. The molecule has 0 spiro atoms. The van der Waals surface area contributed by atoms with Crippen molar-refractivity contribution in [3.63, 3.8) is 0 Å². The fraction of sp³-hybridized carbons (Fsp3) is 0.500. The van der Waals surface area contributed by atoms with E-state index in [1.165, 1.54) is 6.07 Å². The number of nitrogens with one attached hydrogen (secondary N) is 2. The fourth-order valence-corrected chi connectivity index (χ4v) is 2.83. The Morgan fingerprint density at radius 2 is 2.16 bits per heavy atom. The average Bonchev–Trinajstić information content (AvgIpc) is 2.37. The molecule has 0 saturated carbocycles. The Hall–Kier alpha value is -0.940. The molecule has 2 rings (SSSR count). The zero-order valence-corrected chi connectivity index (χ0v) is 12.5. The second-order valence-electron chi connectivity index (χ2n) is 5.34. The van der Waals surface area contributed by atoms with E-state index in [1.807, 2.05) is 0 Å². The number of rotatable bonds is 3. The van der Waals surface area contributed by atoms with Crippen LogP contribution in [0.2, 0.25) is 0 Å². The Bertz CT molecular complexity index is 452. The van der Waals surface area contributed by atoms with Crippen LogP contribution in [0, 0.1) is 11.2 Å². The number of benzene rings is 1. The van der Waals surface area contributed by atoms with E-state index in [1.54, 1.807) is 12.1 Å². The van der Waals surface area contributed by atoms with Crippen LogP contribution in [0.3, 0.4) is 0 Å². The topological polar surface area (TPSA) is 41.1 Å². The van der Waals surface area contributed by atoms with Crippen molar-refractivity contribution in [2.45, 2.75) is 19.8 Å². The van der Waals surface area contributed by atoms with E-state index >= 15 is 0 Å². The summed E-state index contributed by atoms with van der Waals surface area (Å²) < 4.78 is 14.1. The molecule has 104 valence electrons. The molecule has 1 amide bonds. The Morgan fingerprint density at radius 3 is 2.79 bits per heavy atom. The molecule has 19 heavy (non-hydrogen) atoms. The number of hydrogen-bond donors (Lipinski definition) is 2. The minimum absolute atomic E-state index is 0.0834. The molecule has 1 heterocycles. The lowest BCUT2D eigenvalue weighted by Gasteiger charge is -2.34. The van der Waals surface area contributed by atoms with Crippen molar-refractivity contribution in [1.82, 2.24) is 10.6 Å². The maximum atomic E-state index is 13.7. The molecule has 1 aromatic carbocycles. The molecule has 2 N–H and O–H groups in total. The van der Waals surface area contributed by atoms with Crippen LogP contribution < -0.4 is 10.6 Å². The molecule has 0 radical (unpaired) electrons. The second-order valence-corrected chi connectivity index (χ2v) is 6.19. The van der Waals surface area contributed by atoms with E-state index in [4.69, 9.17) is 0 Å². The van der Waals surface area contributed by atoms with Gasteiger partial charge in [-0.05, 0) is 59.4 Å². The van der Waals surface area contributed by atoms with Crippen LogP contribution in [-0.4, -0.2) is 25.5 Å². The first-order valence-electron chi connectivity index (χ1n) is 6.45. The van der Waals surface area contributed by atoms with Gasteiger partial charge in [-0.15, -0.1) is 0 Å². The summed E-state index contributed by atoms with van der Waals surface area (Å²) in [5.74, 6) is -0.855. The average molecular weight is 329 g/mol. The van der Waals surface area contributed by atoms with Gasteiger partial charge in [0, 0.05) is 11.0 Å². The van der Waals surface area contributed by atoms with Crippen LogP contribution in [0.4, 0.5) is 4.39 Å². The third-order valence-corrected chi connectivity index (χ3v) is 4.34. The van der Waals surface area contributed by atoms with E-state index in [2.05, 4.69) is 33.5 Å². The molecular weight excluding hydrogens is 311 g/mol. The van der Waals surface area contributed by atoms with E-state index in [0.29, 0.717) is 11.0 Å². The molecule has 0 atom stereocenters. The number of amides is 1. The number of halogens is 2. The normalized spacial score (nSPS) is 18.1. The number of carbonyl (C=O) groups excluding carboxylic acids is 1. The van der Waals surface area contributed by atoms with E-state index in [0.717, 1.165) is 25.9 Å². The van der Waals surface area contributed by atoms with Crippen molar-refractivity contribution < 1.29 is 9.18 Å². The summed E-state index contributed by atoms with van der Waals surface area (Å²) in [5, 5.41) is 6.15. The molecule has 0 bridgehead atoms. The van der Waals surface area contributed by atoms with E-state index in [-0.39, 0.29) is 16.9 Å². The van der Waals surface area contributed by atoms with Crippen LogP contribution in [0.1, 0.15) is 30.1 Å². The van der Waals surface area contributed by atoms with Gasteiger partial charge >= 0.3 is 0 Å². The highest BCUT2D eigenvalue weighted by molar-refractivity contribution is 9.10. The van der Waals surface area contributed by atoms with Crippen LogP contribution in [0.25, 0.3) is 0 Å². The molecule has 1 fully saturated rings. The summed E-state index contributed by atoms with van der Waals surface area (Å²) in [7, 11) is 0. The van der Waals surface area contributed by atoms with Crippen molar-refractivity contribution in [3.8, 4) is 0 Å². The summed E-state index contributed by atoms with van der Waals surface area (Å²) in [5.41, 5.74) is 0.179. The maximum Gasteiger partial charge on any atom is 0.255 e. The van der Waals surface area contributed by atoms with Crippen LogP contribution in [0.15, 0.2) is 22.7 Å². The number of hydrogen-bond acceptors (Lipinski definition) is 2. The van der Waals surface area contributed by atoms with Gasteiger partial charge in [-0.3, -0.25) is 4.79 Å². The highest BCUT2D eigenvalue weighted by Gasteiger charge is 2.27. The smallest absolute Gasteiger partial charge is 0.255 e. The van der Waals surface area contributed by atoms with Crippen molar-refractivity contribution >= 4 is 21.8 Å². The van der Waals surface area contributed by atoms with Crippen molar-refractivity contribution in [1.29, 1.82) is 0 Å². The predicted octanol–water partition coefficient (Wildman–Crippen LogP) is 2.71. The molecule has 1 aromatic rings. The number of piperidine rings is 1. The highest BCUT2D eigenvalue weighted by Crippen LogP contribution is 2.27. The Kier molecular flexibility index (Phi) is 4.58. The van der Waals surface area contributed by atoms with Gasteiger partial charge < -0.3 is 10.6 Å². The van der Waals surface area contributed by atoms with Crippen molar-refractivity contribution in [2.24, 2.45) is 5.41 Å². The Morgan fingerprint density at radius 1 is 1.47 bits per heavy atom.